The van der Waals surface area contributed by atoms with Gasteiger partial charge in [-0.15, -0.1) is 0 Å². The summed E-state index contributed by atoms with van der Waals surface area (Å²) in [4.78, 5) is 21.8. The van der Waals surface area contributed by atoms with Gasteiger partial charge in [-0.1, -0.05) is 6.07 Å². The molecule has 2 amide bonds. The molecule has 0 bridgehead atoms. The van der Waals surface area contributed by atoms with Crippen LogP contribution in [0.3, 0.4) is 0 Å². The first-order chi connectivity index (χ1) is 11.7. The van der Waals surface area contributed by atoms with Crippen LogP contribution in [0.2, 0.25) is 0 Å². The van der Waals surface area contributed by atoms with Crippen molar-refractivity contribution in [3.8, 4) is 0 Å². The summed E-state index contributed by atoms with van der Waals surface area (Å²) in [6, 6.07) is 4.80. The summed E-state index contributed by atoms with van der Waals surface area (Å²) >= 11 is 0. The molecule has 3 rings (SSSR count). The minimum absolute atomic E-state index is 0.0182. The molecule has 24 heavy (non-hydrogen) atoms. The van der Waals surface area contributed by atoms with Crippen molar-refractivity contribution in [2.75, 3.05) is 18.4 Å². The maximum absolute atomic E-state index is 13.1. The predicted octanol–water partition coefficient (Wildman–Crippen LogP) is 2.83. The van der Waals surface area contributed by atoms with E-state index in [-0.39, 0.29) is 12.1 Å². The summed E-state index contributed by atoms with van der Waals surface area (Å²) < 4.78 is 19.0. The molecule has 6 nitrogen and oxygen atoms in total. The van der Waals surface area contributed by atoms with Gasteiger partial charge in [-0.3, -0.25) is 9.97 Å². The fourth-order valence-corrected chi connectivity index (χ4v) is 2.64. The van der Waals surface area contributed by atoms with Crippen LogP contribution in [0, 0.1) is 5.82 Å². The third-order valence-corrected chi connectivity index (χ3v) is 3.83. The Morgan fingerprint density at radius 3 is 3.08 bits per heavy atom. The second-order valence-corrected chi connectivity index (χ2v) is 5.70. The van der Waals surface area contributed by atoms with E-state index in [4.69, 9.17) is 4.74 Å². The molecule has 1 saturated heterocycles. The summed E-state index contributed by atoms with van der Waals surface area (Å²) in [5.41, 5.74) is 1.35. The highest BCUT2D eigenvalue weighted by molar-refractivity contribution is 5.89. The lowest BCUT2D eigenvalue weighted by Gasteiger charge is -2.32. The van der Waals surface area contributed by atoms with Crippen molar-refractivity contribution in [1.82, 2.24) is 14.9 Å². The molecule has 0 radical (unpaired) electrons. The summed E-state index contributed by atoms with van der Waals surface area (Å²) in [7, 11) is 0. The Hall–Kier alpha value is -2.54. The second kappa shape index (κ2) is 7.83. The van der Waals surface area contributed by atoms with Crippen molar-refractivity contribution in [3.05, 3.63) is 54.4 Å². The summed E-state index contributed by atoms with van der Waals surface area (Å²) in [6.45, 7) is 1.64. The van der Waals surface area contributed by atoms with Crippen LogP contribution in [0.25, 0.3) is 0 Å². The van der Waals surface area contributed by atoms with E-state index in [0.29, 0.717) is 25.4 Å². The number of carbonyl (C=O) groups excluding carboxylic acids is 1. The van der Waals surface area contributed by atoms with Gasteiger partial charge in [0.25, 0.3) is 0 Å². The van der Waals surface area contributed by atoms with Gasteiger partial charge in [-0.25, -0.2) is 9.18 Å². The molecule has 2 aromatic heterocycles. The number of nitrogens with one attached hydrogen (secondary N) is 1. The Labute approximate surface area is 139 Å². The maximum Gasteiger partial charge on any atom is 0.321 e. The number of carbonyl (C=O) groups is 1. The van der Waals surface area contributed by atoms with Crippen LogP contribution in [0.15, 0.2) is 43.0 Å². The van der Waals surface area contributed by atoms with Crippen molar-refractivity contribution in [2.24, 2.45) is 0 Å². The molecule has 3 heterocycles. The van der Waals surface area contributed by atoms with E-state index in [9.17, 15) is 9.18 Å². The SMILES string of the molecule is O=C(Nc1cncc(F)c1)N1CCCC(OCc2cccnc2)C1. The topological polar surface area (TPSA) is 67.4 Å². The fourth-order valence-electron chi connectivity index (χ4n) is 2.64. The Kier molecular flexibility index (Phi) is 5.32. The average molecular weight is 330 g/mol. The maximum atomic E-state index is 13.1. The second-order valence-electron chi connectivity index (χ2n) is 5.70. The molecule has 126 valence electrons. The van der Waals surface area contributed by atoms with Gasteiger partial charge in [0.1, 0.15) is 5.82 Å². The van der Waals surface area contributed by atoms with E-state index in [2.05, 4.69) is 15.3 Å². The Balaban J connectivity index is 1.52. The molecule has 2 aromatic rings. The summed E-state index contributed by atoms with van der Waals surface area (Å²) in [5.74, 6) is -0.482. The molecular weight excluding hydrogens is 311 g/mol. The minimum atomic E-state index is -0.482. The zero-order valence-corrected chi connectivity index (χ0v) is 13.2. The van der Waals surface area contributed by atoms with Crippen molar-refractivity contribution < 1.29 is 13.9 Å². The van der Waals surface area contributed by atoms with E-state index in [1.54, 1.807) is 17.3 Å². The van der Waals surface area contributed by atoms with Gasteiger partial charge in [0.2, 0.25) is 0 Å². The van der Waals surface area contributed by atoms with Crippen molar-refractivity contribution in [2.45, 2.75) is 25.6 Å². The molecule has 0 spiro atoms. The number of aromatic nitrogens is 2. The van der Waals surface area contributed by atoms with Crippen LogP contribution in [-0.2, 0) is 11.3 Å². The molecule has 1 aliphatic heterocycles. The molecule has 1 unspecified atom stereocenters. The average Bonchev–Trinajstić information content (AvgIpc) is 2.61. The number of anilines is 1. The van der Waals surface area contributed by atoms with Crippen LogP contribution < -0.4 is 5.32 Å². The monoisotopic (exact) mass is 330 g/mol. The van der Waals surface area contributed by atoms with Crippen molar-refractivity contribution in [1.29, 1.82) is 0 Å². The zero-order valence-electron chi connectivity index (χ0n) is 13.2. The number of hydrogen-bond acceptors (Lipinski definition) is 4. The first-order valence-electron chi connectivity index (χ1n) is 7.88. The van der Waals surface area contributed by atoms with Gasteiger partial charge in [0.15, 0.2) is 0 Å². The van der Waals surface area contributed by atoms with Gasteiger partial charge in [0, 0.05) is 31.5 Å². The first kappa shape index (κ1) is 16.3. The van der Waals surface area contributed by atoms with E-state index in [1.165, 1.54) is 12.3 Å². The normalized spacial score (nSPS) is 17.5. The number of piperidine rings is 1. The van der Waals surface area contributed by atoms with Crippen LogP contribution in [0.1, 0.15) is 18.4 Å². The van der Waals surface area contributed by atoms with Gasteiger partial charge >= 0.3 is 6.03 Å². The van der Waals surface area contributed by atoms with Crippen LogP contribution in [0.4, 0.5) is 14.9 Å². The number of rotatable bonds is 4. The Morgan fingerprint density at radius 2 is 2.29 bits per heavy atom. The number of halogens is 1. The third-order valence-electron chi connectivity index (χ3n) is 3.83. The highest BCUT2D eigenvalue weighted by atomic mass is 19.1. The quantitative estimate of drug-likeness (QED) is 0.936. The number of amides is 2. The van der Waals surface area contributed by atoms with E-state index >= 15 is 0 Å². The molecule has 7 heteroatoms. The number of urea groups is 1. The lowest BCUT2D eigenvalue weighted by molar-refractivity contribution is 0.000915. The molecule has 1 atom stereocenters. The number of nitrogens with zero attached hydrogens (tertiary/aromatic N) is 3. The summed E-state index contributed by atoms with van der Waals surface area (Å²) in [6.07, 6.45) is 7.76. The zero-order chi connectivity index (χ0) is 16.8. The lowest BCUT2D eigenvalue weighted by Crippen LogP contribution is -2.45. The highest BCUT2D eigenvalue weighted by Crippen LogP contribution is 2.16. The van der Waals surface area contributed by atoms with Gasteiger partial charge in [0.05, 0.1) is 30.8 Å². The third kappa shape index (κ3) is 4.48. The number of pyridine rings is 2. The molecule has 1 fully saturated rings. The number of likely N-dealkylation sites (tertiary alicyclic amines) is 1. The van der Waals surface area contributed by atoms with Crippen LogP contribution in [0.5, 0.6) is 0 Å². The van der Waals surface area contributed by atoms with Crippen LogP contribution >= 0.6 is 0 Å². The minimum Gasteiger partial charge on any atom is -0.372 e. The highest BCUT2D eigenvalue weighted by Gasteiger charge is 2.24. The number of ether oxygens (including phenoxy) is 1. The smallest absolute Gasteiger partial charge is 0.321 e. The summed E-state index contributed by atoms with van der Waals surface area (Å²) in [5, 5.41) is 2.67. The van der Waals surface area contributed by atoms with Gasteiger partial charge < -0.3 is 15.0 Å². The molecule has 0 aromatic carbocycles. The van der Waals surface area contributed by atoms with Gasteiger partial charge in [-0.2, -0.15) is 0 Å². The predicted molar refractivity (Wildman–Crippen MR) is 86.8 cm³/mol. The van der Waals surface area contributed by atoms with Crippen LogP contribution in [-0.4, -0.2) is 40.1 Å². The molecule has 0 aliphatic carbocycles. The number of hydrogen-bond donors (Lipinski definition) is 1. The molecular formula is C17H19FN4O2. The Bertz CT molecular complexity index is 683. The van der Waals surface area contributed by atoms with Crippen molar-refractivity contribution in [3.63, 3.8) is 0 Å². The fraction of sp³-hybridized carbons (Fsp3) is 0.353. The van der Waals surface area contributed by atoms with Gasteiger partial charge in [-0.05, 0) is 24.5 Å². The van der Waals surface area contributed by atoms with E-state index in [1.807, 2.05) is 12.1 Å². The standard InChI is InChI=1S/C17H19FN4O2/c18-14-7-15(10-20-9-14)21-17(23)22-6-2-4-16(11-22)24-12-13-3-1-5-19-8-13/h1,3,5,7-10,16H,2,4,6,11-12H2,(H,21,23). The molecule has 0 saturated carbocycles. The largest absolute Gasteiger partial charge is 0.372 e. The van der Waals surface area contributed by atoms with Crippen molar-refractivity contribution >= 4 is 11.7 Å². The van der Waals surface area contributed by atoms with E-state index in [0.717, 1.165) is 24.6 Å². The lowest BCUT2D eigenvalue weighted by atomic mass is 10.1. The molecule has 1 N–H and O–H groups in total. The first-order valence-corrected chi connectivity index (χ1v) is 7.88. The Morgan fingerprint density at radius 1 is 1.38 bits per heavy atom. The molecule has 1 aliphatic rings. The van der Waals surface area contributed by atoms with E-state index < -0.39 is 5.82 Å².